The lowest BCUT2D eigenvalue weighted by Crippen LogP contribution is -2.15. The summed E-state index contributed by atoms with van der Waals surface area (Å²) in [5.74, 6) is 0. The van der Waals surface area contributed by atoms with Crippen LogP contribution >= 0.6 is 11.6 Å². The lowest BCUT2D eigenvalue weighted by Gasteiger charge is -2.17. The maximum absolute atomic E-state index is 6.41. The van der Waals surface area contributed by atoms with Crippen molar-refractivity contribution in [3.05, 3.63) is 71.4 Å². The number of fused-ring (bicyclic) bond motifs is 1. The zero-order valence-corrected chi connectivity index (χ0v) is 13.3. The van der Waals surface area contributed by atoms with E-state index in [4.69, 9.17) is 17.3 Å². The first-order valence-electron chi connectivity index (χ1n) is 7.14. The zero-order valence-electron chi connectivity index (χ0n) is 12.6. The fourth-order valence-corrected chi connectivity index (χ4v) is 2.54. The van der Waals surface area contributed by atoms with E-state index in [1.165, 1.54) is 0 Å². The molecule has 0 aliphatic rings. The summed E-state index contributed by atoms with van der Waals surface area (Å²) >= 11 is 5.97. The van der Waals surface area contributed by atoms with Gasteiger partial charge in [-0.2, -0.15) is 0 Å². The number of halogens is 1. The Morgan fingerprint density at radius 3 is 2.87 bits per heavy atom. The Kier molecular flexibility index (Phi) is 4.50. The molecule has 1 unspecified atom stereocenters. The highest BCUT2D eigenvalue weighted by Crippen LogP contribution is 2.28. The minimum Gasteiger partial charge on any atom is -0.394 e. The minimum absolute atomic E-state index is 0.324. The molecule has 3 rings (SSSR count). The molecule has 0 bridgehead atoms. The van der Waals surface area contributed by atoms with Gasteiger partial charge >= 0.3 is 0 Å². The Morgan fingerprint density at radius 2 is 2.13 bits per heavy atom. The summed E-state index contributed by atoms with van der Waals surface area (Å²) in [7, 11) is 1.83. The normalized spacial score (nSPS) is 13.1. The van der Waals surface area contributed by atoms with Crippen LogP contribution in [0.2, 0.25) is 5.15 Å². The van der Waals surface area contributed by atoms with E-state index in [-0.39, 0.29) is 6.04 Å². The maximum atomic E-state index is 6.41. The van der Waals surface area contributed by atoms with Crippen LogP contribution in [0, 0.1) is 0 Å². The first-order chi connectivity index (χ1) is 11.2. The van der Waals surface area contributed by atoms with Crippen LogP contribution in [0.3, 0.4) is 0 Å². The number of pyridine rings is 3. The van der Waals surface area contributed by atoms with Crippen LogP contribution in [0.1, 0.15) is 17.2 Å². The van der Waals surface area contributed by atoms with Crippen LogP contribution in [0.15, 0.2) is 55.1 Å². The minimum atomic E-state index is -0.324. The molecule has 0 saturated carbocycles. The number of nitrogens with one attached hydrogen (secondary N) is 1. The Labute approximate surface area is 139 Å². The number of hydrogen-bond acceptors (Lipinski definition) is 5. The van der Waals surface area contributed by atoms with Crippen molar-refractivity contribution in [1.82, 2.24) is 20.3 Å². The molecule has 0 radical (unpaired) electrons. The van der Waals surface area contributed by atoms with Crippen LogP contribution in [0.5, 0.6) is 0 Å². The summed E-state index contributed by atoms with van der Waals surface area (Å²) in [4.78, 5) is 12.9. The average Bonchev–Trinajstić information content (AvgIpc) is 2.59. The summed E-state index contributed by atoms with van der Waals surface area (Å²) in [6.45, 7) is 0. The third-order valence-electron chi connectivity index (χ3n) is 3.52. The van der Waals surface area contributed by atoms with Crippen molar-refractivity contribution in [3.63, 3.8) is 0 Å². The summed E-state index contributed by atoms with van der Waals surface area (Å²) in [5, 5.41) is 3.48. The van der Waals surface area contributed by atoms with Gasteiger partial charge in [-0.3, -0.25) is 9.97 Å². The van der Waals surface area contributed by atoms with E-state index >= 15 is 0 Å². The first-order valence-corrected chi connectivity index (χ1v) is 7.52. The lowest BCUT2D eigenvalue weighted by molar-refractivity contribution is 0.908. The van der Waals surface area contributed by atoms with Gasteiger partial charge in [0.05, 0.1) is 17.1 Å². The highest BCUT2D eigenvalue weighted by Gasteiger charge is 2.15. The van der Waals surface area contributed by atoms with Gasteiger partial charge in [-0.25, -0.2) is 4.98 Å². The van der Waals surface area contributed by atoms with Gasteiger partial charge in [-0.1, -0.05) is 17.7 Å². The van der Waals surface area contributed by atoms with Gasteiger partial charge in [-0.05, 0) is 35.4 Å². The predicted octanol–water partition coefficient (Wildman–Crippen LogP) is 2.94. The standard InChI is InChI=1S/C17H16ClN5/c1-20-10-13(17(19)11-3-2-6-21-8-11)12-7-15-14(22-9-12)4-5-16(18)23-15/h2-10,17,20H,19H2,1H3/b13-10-. The lowest BCUT2D eigenvalue weighted by atomic mass is 9.96. The van der Waals surface area contributed by atoms with Gasteiger partial charge in [-0.15, -0.1) is 0 Å². The van der Waals surface area contributed by atoms with Crippen LogP contribution in [-0.4, -0.2) is 22.0 Å². The fourth-order valence-electron chi connectivity index (χ4n) is 2.39. The summed E-state index contributed by atoms with van der Waals surface area (Å²) < 4.78 is 0. The Morgan fingerprint density at radius 1 is 1.26 bits per heavy atom. The Hall–Kier alpha value is -2.50. The number of rotatable bonds is 4. The molecule has 0 amide bonds. The van der Waals surface area contributed by atoms with E-state index in [0.29, 0.717) is 5.15 Å². The van der Waals surface area contributed by atoms with Gasteiger partial charge in [0, 0.05) is 37.4 Å². The van der Waals surface area contributed by atoms with Crippen LogP contribution < -0.4 is 11.1 Å². The zero-order chi connectivity index (χ0) is 16.2. The molecule has 1 atom stereocenters. The monoisotopic (exact) mass is 325 g/mol. The quantitative estimate of drug-likeness (QED) is 0.721. The van der Waals surface area contributed by atoms with Gasteiger partial charge in [0.15, 0.2) is 0 Å². The van der Waals surface area contributed by atoms with E-state index in [1.807, 2.05) is 37.5 Å². The molecule has 3 N–H and O–H groups in total. The molecule has 0 saturated heterocycles. The van der Waals surface area contributed by atoms with Crippen molar-refractivity contribution in [3.8, 4) is 0 Å². The third kappa shape index (κ3) is 3.31. The highest BCUT2D eigenvalue weighted by atomic mass is 35.5. The molecule has 0 aromatic carbocycles. The largest absolute Gasteiger partial charge is 0.394 e. The Bertz CT molecular complexity index is 848. The molecule has 0 fully saturated rings. The van der Waals surface area contributed by atoms with E-state index in [9.17, 15) is 0 Å². The molecule has 116 valence electrons. The maximum Gasteiger partial charge on any atom is 0.129 e. The molecule has 3 heterocycles. The molecule has 3 aromatic heterocycles. The van der Waals surface area contributed by atoms with E-state index < -0.39 is 0 Å². The predicted molar refractivity (Wildman–Crippen MR) is 92.8 cm³/mol. The number of nitrogens with zero attached hydrogens (tertiary/aromatic N) is 3. The molecule has 23 heavy (non-hydrogen) atoms. The SMILES string of the molecule is CN/C=C(/c1cnc2ccc(Cl)nc2c1)C(N)c1cccnc1. The highest BCUT2D eigenvalue weighted by molar-refractivity contribution is 6.29. The summed E-state index contributed by atoms with van der Waals surface area (Å²) in [6, 6.07) is 9.00. The molecular formula is C17H16ClN5. The molecule has 0 aliphatic carbocycles. The van der Waals surface area contributed by atoms with Gasteiger partial charge < -0.3 is 11.1 Å². The Balaban J connectivity index is 2.06. The number of nitrogens with two attached hydrogens (primary N) is 1. The third-order valence-corrected chi connectivity index (χ3v) is 3.73. The second kappa shape index (κ2) is 6.73. The van der Waals surface area contributed by atoms with Crippen molar-refractivity contribution < 1.29 is 0 Å². The smallest absolute Gasteiger partial charge is 0.129 e. The average molecular weight is 326 g/mol. The van der Waals surface area contributed by atoms with E-state index in [1.54, 1.807) is 24.7 Å². The van der Waals surface area contributed by atoms with Gasteiger partial charge in [0.2, 0.25) is 0 Å². The van der Waals surface area contributed by atoms with Crippen LogP contribution in [0.4, 0.5) is 0 Å². The molecule has 0 spiro atoms. The number of aromatic nitrogens is 3. The van der Waals surface area contributed by atoms with Crippen LogP contribution in [-0.2, 0) is 0 Å². The second-order valence-corrected chi connectivity index (χ2v) is 5.44. The molecule has 3 aromatic rings. The van der Waals surface area contributed by atoms with Crippen molar-refractivity contribution >= 4 is 28.2 Å². The summed E-state index contributed by atoms with van der Waals surface area (Å²) in [5.41, 5.74) is 10.6. The first kappa shape index (κ1) is 15.4. The van der Waals surface area contributed by atoms with E-state index in [0.717, 1.165) is 27.7 Å². The molecular weight excluding hydrogens is 310 g/mol. The van der Waals surface area contributed by atoms with E-state index in [2.05, 4.69) is 20.3 Å². The van der Waals surface area contributed by atoms with Crippen molar-refractivity contribution in [1.29, 1.82) is 0 Å². The fraction of sp³-hybridized carbons (Fsp3) is 0.118. The summed E-state index contributed by atoms with van der Waals surface area (Å²) in [6.07, 6.45) is 7.14. The van der Waals surface area contributed by atoms with Gasteiger partial charge in [0.25, 0.3) is 0 Å². The van der Waals surface area contributed by atoms with Crippen molar-refractivity contribution in [2.75, 3.05) is 7.05 Å². The molecule has 5 nitrogen and oxygen atoms in total. The number of hydrogen-bond donors (Lipinski definition) is 2. The van der Waals surface area contributed by atoms with Crippen LogP contribution in [0.25, 0.3) is 16.6 Å². The second-order valence-electron chi connectivity index (χ2n) is 5.05. The molecule has 0 aliphatic heterocycles. The topological polar surface area (TPSA) is 76.7 Å². The molecule has 6 heteroatoms. The van der Waals surface area contributed by atoms with Crippen molar-refractivity contribution in [2.24, 2.45) is 5.73 Å². The van der Waals surface area contributed by atoms with Crippen molar-refractivity contribution in [2.45, 2.75) is 6.04 Å². The van der Waals surface area contributed by atoms with Gasteiger partial charge in [0.1, 0.15) is 5.15 Å².